The molecule has 1 aliphatic heterocycles. The third-order valence-corrected chi connectivity index (χ3v) is 4.07. The van der Waals surface area contributed by atoms with E-state index in [1.807, 2.05) is 37.3 Å². The second-order valence-corrected chi connectivity index (χ2v) is 6.23. The van der Waals surface area contributed by atoms with Crippen LogP contribution in [0.3, 0.4) is 0 Å². The lowest BCUT2D eigenvalue weighted by atomic mass is 10.2. The molecule has 3 rings (SSSR count). The molecule has 2 aromatic rings. The van der Waals surface area contributed by atoms with Crippen LogP contribution < -0.4 is 20.1 Å². The van der Waals surface area contributed by atoms with Crippen LogP contribution in [0.25, 0.3) is 0 Å². The second kappa shape index (κ2) is 11.2. The van der Waals surface area contributed by atoms with Crippen LogP contribution in [0.2, 0.25) is 5.02 Å². The number of aliphatic imine (C=N–C) groups is 1. The van der Waals surface area contributed by atoms with E-state index in [1.54, 1.807) is 6.20 Å². The maximum absolute atomic E-state index is 6.34. The number of hydrogen-bond acceptors (Lipinski definition) is 4. The molecule has 2 N–H and O–H groups in total. The van der Waals surface area contributed by atoms with Gasteiger partial charge in [0, 0.05) is 19.2 Å². The number of fused-ring (bicyclic) bond motifs is 1. The monoisotopic (exact) mass is 502 g/mol. The van der Waals surface area contributed by atoms with Crippen molar-refractivity contribution < 1.29 is 9.47 Å². The summed E-state index contributed by atoms with van der Waals surface area (Å²) in [5, 5.41) is 7.07. The third-order valence-electron chi connectivity index (χ3n) is 3.79. The SMILES string of the molecule is CCNC(=NCc1cc(Cl)c2c(c1)OCCCO2)NCc1ccccn1.I. The molecule has 0 spiro atoms. The van der Waals surface area contributed by atoms with Gasteiger partial charge in [0.2, 0.25) is 0 Å². The molecule has 8 heteroatoms. The summed E-state index contributed by atoms with van der Waals surface area (Å²) >= 11 is 6.34. The molecule has 0 atom stereocenters. The molecule has 0 bridgehead atoms. The Bertz CT molecular complexity index is 759. The van der Waals surface area contributed by atoms with Gasteiger partial charge in [0.15, 0.2) is 17.5 Å². The summed E-state index contributed by atoms with van der Waals surface area (Å²) in [4.78, 5) is 8.93. The van der Waals surface area contributed by atoms with Crippen LogP contribution in [0.1, 0.15) is 24.6 Å². The normalized spacial score (nSPS) is 13.3. The van der Waals surface area contributed by atoms with E-state index in [-0.39, 0.29) is 24.0 Å². The van der Waals surface area contributed by atoms with Gasteiger partial charge in [-0.05, 0) is 36.8 Å². The predicted molar refractivity (Wildman–Crippen MR) is 118 cm³/mol. The van der Waals surface area contributed by atoms with Crippen LogP contribution >= 0.6 is 35.6 Å². The highest BCUT2D eigenvalue weighted by atomic mass is 127. The van der Waals surface area contributed by atoms with Gasteiger partial charge in [0.1, 0.15) is 0 Å². The minimum absolute atomic E-state index is 0. The number of rotatable bonds is 5. The van der Waals surface area contributed by atoms with Gasteiger partial charge in [-0.1, -0.05) is 17.7 Å². The molecule has 1 aromatic heterocycles. The first-order valence-electron chi connectivity index (χ1n) is 8.76. The minimum atomic E-state index is 0. The molecule has 1 aliphatic rings. The lowest BCUT2D eigenvalue weighted by molar-refractivity contribution is 0.297. The smallest absolute Gasteiger partial charge is 0.191 e. The fraction of sp³-hybridized carbons (Fsp3) is 0.368. The van der Waals surface area contributed by atoms with Gasteiger partial charge in [-0.15, -0.1) is 24.0 Å². The van der Waals surface area contributed by atoms with Gasteiger partial charge in [0.05, 0.1) is 37.0 Å². The van der Waals surface area contributed by atoms with Crippen molar-refractivity contribution in [1.29, 1.82) is 0 Å². The van der Waals surface area contributed by atoms with Gasteiger partial charge in [-0.3, -0.25) is 4.98 Å². The number of halogens is 2. The van der Waals surface area contributed by atoms with E-state index in [0.717, 1.165) is 30.2 Å². The van der Waals surface area contributed by atoms with Gasteiger partial charge in [-0.2, -0.15) is 0 Å². The number of hydrogen-bond donors (Lipinski definition) is 2. The Morgan fingerprint density at radius 1 is 1.22 bits per heavy atom. The first-order chi connectivity index (χ1) is 12.8. The zero-order valence-corrected chi connectivity index (χ0v) is 18.3. The zero-order valence-electron chi connectivity index (χ0n) is 15.2. The molecule has 0 aliphatic carbocycles. The maximum Gasteiger partial charge on any atom is 0.191 e. The van der Waals surface area contributed by atoms with Crippen LogP contribution in [-0.4, -0.2) is 30.7 Å². The fourth-order valence-electron chi connectivity index (χ4n) is 2.56. The maximum atomic E-state index is 6.34. The Morgan fingerprint density at radius 3 is 2.85 bits per heavy atom. The Balaban J connectivity index is 0.00000261. The largest absolute Gasteiger partial charge is 0.489 e. The van der Waals surface area contributed by atoms with Crippen LogP contribution in [0.4, 0.5) is 0 Å². The molecular formula is C19H24ClIN4O2. The molecule has 6 nitrogen and oxygen atoms in total. The molecule has 0 amide bonds. The van der Waals surface area contributed by atoms with Gasteiger partial charge >= 0.3 is 0 Å². The number of guanidine groups is 1. The first kappa shape index (κ1) is 21.6. The molecule has 146 valence electrons. The Hall–Kier alpha value is -1.74. The number of aromatic nitrogens is 1. The van der Waals surface area contributed by atoms with E-state index in [4.69, 9.17) is 21.1 Å². The van der Waals surface area contributed by atoms with Crippen molar-refractivity contribution in [3.8, 4) is 11.5 Å². The number of nitrogens with zero attached hydrogens (tertiary/aromatic N) is 2. The minimum Gasteiger partial charge on any atom is -0.489 e. The zero-order chi connectivity index (χ0) is 18.2. The molecule has 0 radical (unpaired) electrons. The molecule has 0 unspecified atom stereocenters. The number of pyridine rings is 1. The quantitative estimate of drug-likeness (QED) is 0.370. The summed E-state index contributed by atoms with van der Waals surface area (Å²) < 4.78 is 11.4. The highest BCUT2D eigenvalue weighted by Gasteiger charge is 2.15. The Kier molecular flexibility index (Phi) is 8.93. The lowest BCUT2D eigenvalue weighted by Crippen LogP contribution is -2.37. The van der Waals surface area contributed by atoms with Crippen molar-refractivity contribution in [3.05, 3.63) is 52.8 Å². The van der Waals surface area contributed by atoms with E-state index < -0.39 is 0 Å². The van der Waals surface area contributed by atoms with E-state index >= 15 is 0 Å². The van der Waals surface area contributed by atoms with Crippen molar-refractivity contribution in [1.82, 2.24) is 15.6 Å². The summed E-state index contributed by atoms with van der Waals surface area (Å²) in [7, 11) is 0. The summed E-state index contributed by atoms with van der Waals surface area (Å²) in [6.07, 6.45) is 2.63. The number of nitrogens with one attached hydrogen (secondary N) is 2. The van der Waals surface area contributed by atoms with Crippen LogP contribution in [-0.2, 0) is 13.1 Å². The average Bonchev–Trinajstić information content (AvgIpc) is 2.91. The topological polar surface area (TPSA) is 67.8 Å². The highest BCUT2D eigenvalue weighted by molar-refractivity contribution is 14.0. The summed E-state index contributed by atoms with van der Waals surface area (Å²) in [6.45, 7) is 5.14. The molecule has 27 heavy (non-hydrogen) atoms. The number of ether oxygens (including phenoxy) is 2. The molecule has 1 aromatic carbocycles. The Morgan fingerprint density at radius 2 is 2.07 bits per heavy atom. The third kappa shape index (κ3) is 6.42. The second-order valence-electron chi connectivity index (χ2n) is 5.83. The van der Waals surface area contributed by atoms with Crippen molar-refractivity contribution >= 4 is 41.5 Å². The molecular weight excluding hydrogens is 479 g/mol. The Labute approximate surface area is 181 Å². The van der Waals surface area contributed by atoms with E-state index in [2.05, 4.69) is 20.6 Å². The lowest BCUT2D eigenvalue weighted by Gasteiger charge is -2.13. The molecule has 0 saturated carbocycles. The number of benzene rings is 1. The van der Waals surface area contributed by atoms with Gasteiger partial charge in [-0.25, -0.2) is 4.99 Å². The van der Waals surface area contributed by atoms with E-state index in [1.165, 1.54) is 0 Å². The standard InChI is InChI=1S/C19H23ClN4O2.HI/c1-2-21-19(24-13-15-6-3-4-7-22-15)23-12-14-10-16(20)18-17(11-14)25-8-5-9-26-18;/h3-4,6-7,10-11H,2,5,8-9,12-13H2,1H3,(H2,21,23,24);1H. The summed E-state index contributed by atoms with van der Waals surface area (Å²) in [6, 6.07) is 9.66. The summed E-state index contributed by atoms with van der Waals surface area (Å²) in [5.74, 6) is 2.03. The van der Waals surface area contributed by atoms with Crippen LogP contribution in [0.5, 0.6) is 11.5 Å². The van der Waals surface area contributed by atoms with Crippen molar-refractivity contribution in [2.45, 2.75) is 26.4 Å². The van der Waals surface area contributed by atoms with Gasteiger partial charge < -0.3 is 20.1 Å². The molecule has 0 saturated heterocycles. The summed E-state index contributed by atoms with van der Waals surface area (Å²) in [5.41, 5.74) is 1.92. The van der Waals surface area contributed by atoms with Crippen LogP contribution in [0, 0.1) is 0 Å². The highest BCUT2D eigenvalue weighted by Crippen LogP contribution is 2.38. The van der Waals surface area contributed by atoms with E-state index in [0.29, 0.717) is 42.8 Å². The molecule has 0 fully saturated rings. The molecule has 2 heterocycles. The van der Waals surface area contributed by atoms with Crippen molar-refractivity contribution in [2.75, 3.05) is 19.8 Å². The van der Waals surface area contributed by atoms with Crippen LogP contribution in [0.15, 0.2) is 41.5 Å². The fourth-order valence-corrected chi connectivity index (χ4v) is 2.85. The van der Waals surface area contributed by atoms with Gasteiger partial charge in [0.25, 0.3) is 0 Å². The van der Waals surface area contributed by atoms with E-state index in [9.17, 15) is 0 Å². The van der Waals surface area contributed by atoms with Crippen molar-refractivity contribution in [3.63, 3.8) is 0 Å². The predicted octanol–water partition coefficient (Wildman–Crippen LogP) is 3.77. The van der Waals surface area contributed by atoms with Crippen molar-refractivity contribution in [2.24, 2.45) is 4.99 Å². The average molecular weight is 503 g/mol. The first-order valence-corrected chi connectivity index (χ1v) is 9.14.